The monoisotopic (exact) mass is 251 g/mol. The Morgan fingerprint density at radius 1 is 1.61 bits per heavy atom. The Morgan fingerprint density at radius 3 is 2.94 bits per heavy atom. The summed E-state index contributed by atoms with van der Waals surface area (Å²) in [6.07, 6.45) is 0. The molecule has 2 rings (SSSR count). The zero-order valence-electron chi connectivity index (χ0n) is 10.5. The summed E-state index contributed by atoms with van der Waals surface area (Å²) < 4.78 is 10.4. The number of carbonyl (C=O) groups is 1. The molecule has 0 saturated heterocycles. The predicted octanol–water partition coefficient (Wildman–Crippen LogP) is 0.681. The minimum absolute atomic E-state index is 0.176. The summed E-state index contributed by atoms with van der Waals surface area (Å²) in [5, 5.41) is 10.3. The Bertz CT molecular complexity index is 474. The summed E-state index contributed by atoms with van der Waals surface area (Å²) in [5.74, 6) is -2.65. The number of aryl methyl sites for hydroxylation is 1. The van der Waals surface area contributed by atoms with Gasteiger partial charge in [0.15, 0.2) is 5.92 Å². The van der Waals surface area contributed by atoms with Crippen LogP contribution in [0.5, 0.6) is 5.75 Å². The van der Waals surface area contributed by atoms with Gasteiger partial charge in [0, 0.05) is 5.56 Å². The fourth-order valence-electron chi connectivity index (χ4n) is 2.17. The summed E-state index contributed by atoms with van der Waals surface area (Å²) in [7, 11) is 0. The van der Waals surface area contributed by atoms with Crippen molar-refractivity contribution in [1.82, 2.24) is 0 Å². The van der Waals surface area contributed by atoms with Gasteiger partial charge in [0.2, 0.25) is 5.79 Å². The smallest absolute Gasteiger partial charge is 0.320 e. The standard InChI is InChI=1S/C13H17NO4/c1-3-17-12(15)11-9-6-8(2)4-5-10(9)18-13(11,16)7-14/h4-6,11,16H,3,7,14H2,1-2H3. The second-order valence-corrected chi connectivity index (χ2v) is 4.38. The van der Waals surface area contributed by atoms with E-state index >= 15 is 0 Å². The van der Waals surface area contributed by atoms with Gasteiger partial charge in [0.1, 0.15) is 5.75 Å². The number of esters is 1. The van der Waals surface area contributed by atoms with E-state index in [-0.39, 0.29) is 13.2 Å². The molecule has 0 fully saturated rings. The van der Waals surface area contributed by atoms with Crippen LogP contribution in [-0.4, -0.2) is 30.0 Å². The summed E-state index contributed by atoms with van der Waals surface area (Å²) in [4.78, 5) is 12.0. The minimum Gasteiger partial charge on any atom is -0.465 e. The van der Waals surface area contributed by atoms with Crippen molar-refractivity contribution in [3.8, 4) is 5.75 Å². The van der Waals surface area contributed by atoms with Gasteiger partial charge in [-0.05, 0) is 19.9 Å². The SMILES string of the molecule is CCOC(=O)C1c2cc(C)ccc2OC1(O)CN. The van der Waals surface area contributed by atoms with Gasteiger partial charge < -0.3 is 20.3 Å². The van der Waals surface area contributed by atoms with E-state index in [1.54, 1.807) is 13.0 Å². The molecule has 1 heterocycles. The highest BCUT2D eigenvalue weighted by molar-refractivity contribution is 5.82. The molecule has 0 radical (unpaired) electrons. The number of ether oxygens (including phenoxy) is 2. The van der Waals surface area contributed by atoms with Crippen molar-refractivity contribution < 1.29 is 19.4 Å². The first-order valence-electron chi connectivity index (χ1n) is 5.90. The molecule has 98 valence electrons. The maximum Gasteiger partial charge on any atom is 0.320 e. The number of hydrogen-bond donors (Lipinski definition) is 2. The molecular weight excluding hydrogens is 234 g/mol. The largest absolute Gasteiger partial charge is 0.465 e. The van der Waals surface area contributed by atoms with Crippen molar-refractivity contribution in [2.45, 2.75) is 25.6 Å². The number of carbonyl (C=O) groups excluding carboxylic acids is 1. The van der Waals surface area contributed by atoms with Crippen molar-refractivity contribution in [1.29, 1.82) is 0 Å². The highest BCUT2D eigenvalue weighted by atomic mass is 16.6. The summed E-state index contributed by atoms with van der Waals surface area (Å²) >= 11 is 0. The van der Waals surface area contributed by atoms with Crippen LogP contribution < -0.4 is 10.5 Å². The number of nitrogens with two attached hydrogens (primary N) is 1. The molecule has 0 saturated carbocycles. The van der Waals surface area contributed by atoms with Gasteiger partial charge in [-0.1, -0.05) is 17.7 Å². The van der Waals surface area contributed by atoms with Crippen LogP contribution in [0, 0.1) is 6.92 Å². The molecule has 0 aliphatic carbocycles. The fourth-order valence-corrected chi connectivity index (χ4v) is 2.17. The third kappa shape index (κ3) is 1.95. The number of fused-ring (bicyclic) bond motifs is 1. The van der Waals surface area contributed by atoms with Crippen molar-refractivity contribution >= 4 is 5.97 Å². The van der Waals surface area contributed by atoms with E-state index in [2.05, 4.69) is 0 Å². The molecule has 5 nitrogen and oxygen atoms in total. The van der Waals surface area contributed by atoms with Gasteiger partial charge in [-0.3, -0.25) is 4.79 Å². The van der Waals surface area contributed by atoms with Crippen molar-refractivity contribution in [2.24, 2.45) is 5.73 Å². The van der Waals surface area contributed by atoms with E-state index in [1.807, 2.05) is 19.1 Å². The molecule has 0 aromatic heterocycles. The van der Waals surface area contributed by atoms with Crippen LogP contribution in [0.15, 0.2) is 18.2 Å². The Balaban J connectivity index is 2.45. The van der Waals surface area contributed by atoms with Gasteiger partial charge in [-0.25, -0.2) is 0 Å². The first-order chi connectivity index (χ1) is 8.51. The second-order valence-electron chi connectivity index (χ2n) is 4.38. The lowest BCUT2D eigenvalue weighted by Gasteiger charge is -2.25. The lowest BCUT2D eigenvalue weighted by Crippen LogP contribution is -2.48. The van der Waals surface area contributed by atoms with Gasteiger partial charge in [0.05, 0.1) is 13.2 Å². The second kappa shape index (κ2) is 4.59. The van der Waals surface area contributed by atoms with E-state index in [1.165, 1.54) is 0 Å². The summed E-state index contributed by atoms with van der Waals surface area (Å²) in [5.41, 5.74) is 7.13. The Hall–Kier alpha value is -1.59. The molecule has 1 aliphatic heterocycles. The first-order valence-corrected chi connectivity index (χ1v) is 5.90. The van der Waals surface area contributed by atoms with E-state index < -0.39 is 17.7 Å². The Morgan fingerprint density at radius 2 is 2.33 bits per heavy atom. The van der Waals surface area contributed by atoms with Crippen LogP contribution in [0.2, 0.25) is 0 Å². The molecule has 0 bridgehead atoms. The Labute approximate surface area is 106 Å². The molecule has 0 amide bonds. The zero-order chi connectivity index (χ0) is 13.3. The molecule has 5 heteroatoms. The van der Waals surface area contributed by atoms with Crippen LogP contribution >= 0.6 is 0 Å². The number of aliphatic hydroxyl groups is 1. The topological polar surface area (TPSA) is 81.8 Å². The molecule has 18 heavy (non-hydrogen) atoms. The zero-order valence-corrected chi connectivity index (χ0v) is 10.5. The molecule has 1 aromatic rings. The van der Waals surface area contributed by atoms with Gasteiger partial charge >= 0.3 is 5.97 Å². The van der Waals surface area contributed by atoms with Crippen LogP contribution in [-0.2, 0) is 9.53 Å². The molecule has 1 aliphatic rings. The van der Waals surface area contributed by atoms with Crippen LogP contribution in [0.4, 0.5) is 0 Å². The molecular formula is C13H17NO4. The number of hydrogen-bond acceptors (Lipinski definition) is 5. The average Bonchev–Trinajstić information content (AvgIpc) is 2.62. The van der Waals surface area contributed by atoms with Crippen molar-refractivity contribution in [2.75, 3.05) is 13.2 Å². The van der Waals surface area contributed by atoms with Crippen molar-refractivity contribution in [3.63, 3.8) is 0 Å². The first kappa shape index (κ1) is 12.9. The number of rotatable bonds is 3. The van der Waals surface area contributed by atoms with Gasteiger partial charge in [0.25, 0.3) is 0 Å². The fraction of sp³-hybridized carbons (Fsp3) is 0.462. The average molecular weight is 251 g/mol. The number of benzene rings is 1. The normalized spacial score (nSPS) is 25.4. The third-order valence-corrected chi connectivity index (χ3v) is 3.03. The van der Waals surface area contributed by atoms with E-state index in [0.717, 1.165) is 5.56 Å². The van der Waals surface area contributed by atoms with Crippen LogP contribution in [0.1, 0.15) is 24.0 Å². The van der Waals surface area contributed by atoms with Crippen LogP contribution in [0.3, 0.4) is 0 Å². The van der Waals surface area contributed by atoms with Crippen molar-refractivity contribution in [3.05, 3.63) is 29.3 Å². The van der Waals surface area contributed by atoms with Gasteiger partial charge in [-0.15, -0.1) is 0 Å². The molecule has 3 N–H and O–H groups in total. The lowest BCUT2D eigenvalue weighted by atomic mass is 9.91. The highest BCUT2D eigenvalue weighted by Crippen LogP contribution is 2.44. The molecule has 1 aromatic carbocycles. The predicted molar refractivity (Wildman–Crippen MR) is 65.2 cm³/mol. The minimum atomic E-state index is -1.72. The molecule has 0 spiro atoms. The summed E-state index contributed by atoms with van der Waals surface area (Å²) in [6, 6.07) is 5.39. The lowest BCUT2D eigenvalue weighted by molar-refractivity contribution is -0.170. The van der Waals surface area contributed by atoms with E-state index in [0.29, 0.717) is 11.3 Å². The van der Waals surface area contributed by atoms with Gasteiger partial charge in [-0.2, -0.15) is 0 Å². The molecule has 2 unspecified atom stereocenters. The quantitative estimate of drug-likeness (QED) is 0.772. The molecule has 2 atom stereocenters. The Kier molecular flexibility index (Phi) is 3.28. The van der Waals surface area contributed by atoms with Crippen LogP contribution in [0.25, 0.3) is 0 Å². The maximum atomic E-state index is 12.0. The summed E-state index contributed by atoms with van der Waals surface area (Å²) in [6.45, 7) is 3.69. The van der Waals surface area contributed by atoms with E-state index in [9.17, 15) is 9.90 Å². The van der Waals surface area contributed by atoms with E-state index in [4.69, 9.17) is 15.2 Å². The highest BCUT2D eigenvalue weighted by Gasteiger charge is 2.51. The maximum absolute atomic E-state index is 12.0. The third-order valence-electron chi connectivity index (χ3n) is 3.03.